The van der Waals surface area contributed by atoms with Gasteiger partial charge in [-0.15, -0.1) is 0 Å². The van der Waals surface area contributed by atoms with Crippen LogP contribution in [0.1, 0.15) is 23.6 Å². The molecule has 2 aromatic carbocycles. The number of nitrogens with one attached hydrogen (secondary N) is 1. The number of hydrogen-bond acceptors (Lipinski definition) is 2. The van der Waals surface area contributed by atoms with Gasteiger partial charge >= 0.3 is 0 Å². The lowest BCUT2D eigenvalue weighted by atomic mass is 10.1. The molecule has 1 amide bonds. The van der Waals surface area contributed by atoms with E-state index in [-0.39, 0.29) is 5.91 Å². The van der Waals surface area contributed by atoms with Crippen molar-refractivity contribution in [2.75, 3.05) is 5.32 Å². The van der Waals surface area contributed by atoms with Crippen LogP contribution in [0.15, 0.2) is 36.4 Å². The van der Waals surface area contributed by atoms with Gasteiger partial charge in [0.25, 0.3) is 5.91 Å². The Bertz CT molecular complexity index is 697. The van der Waals surface area contributed by atoms with Crippen LogP contribution in [0.2, 0.25) is 5.02 Å². The topological polar surface area (TPSA) is 38.3 Å². The highest BCUT2D eigenvalue weighted by Crippen LogP contribution is 2.23. The third-order valence-electron chi connectivity index (χ3n) is 3.46. The molecular formula is C18H20ClNO2. The number of amides is 1. The number of carbonyl (C=O) groups is 1. The maximum Gasteiger partial charge on any atom is 0.265 e. The molecule has 0 heterocycles. The lowest BCUT2D eigenvalue weighted by Gasteiger charge is -2.17. The fourth-order valence-corrected chi connectivity index (χ4v) is 2.32. The monoisotopic (exact) mass is 317 g/mol. The van der Waals surface area contributed by atoms with Crippen molar-refractivity contribution in [3.63, 3.8) is 0 Å². The number of aryl methyl sites for hydroxylation is 3. The maximum atomic E-state index is 12.3. The number of rotatable bonds is 4. The predicted molar refractivity (Wildman–Crippen MR) is 90.8 cm³/mol. The number of hydrogen-bond donors (Lipinski definition) is 1. The normalized spacial score (nSPS) is 11.9. The van der Waals surface area contributed by atoms with Gasteiger partial charge in [0.1, 0.15) is 5.75 Å². The molecule has 0 aliphatic heterocycles. The van der Waals surface area contributed by atoms with Crippen LogP contribution in [0, 0.1) is 20.8 Å². The van der Waals surface area contributed by atoms with E-state index in [0.29, 0.717) is 10.8 Å². The van der Waals surface area contributed by atoms with E-state index < -0.39 is 6.10 Å². The molecule has 0 spiro atoms. The summed E-state index contributed by atoms with van der Waals surface area (Å²) in [6.45, 7) is 7.58. The van der Waals surface area contributed by atoms with Crippen molar-refractivity contribution in [3.05, 3.63) is 58.1 Å². The van der Waals surface area contributed by atoms with Crippen LogP contribution in [0.4, 0.5) is 5.69 Å². The Morgan fingerprint density at radius 3 is 2.50 bits per heavy atom. The molecule has 0 bridgehead atoms. The Hall–Kier alpha value is -2.00. The molecule has 0 saturated carbocycles. The number of ether oxygens (including phenoxy) is 1. The summed E-state index contributed by atoms with van der Waals surface area (Å²) in [6, 6.07) is 11.3. The molecule has 3 nitrogen and oxygen atoms in total. The first-order chi connectivity index (χ1) is 10.4. The van der Waals surface area contributed by atoms with Gasteiger partial charge in [0.15, 0.2) is 6.10 Å². The molecule has 0 aliphatic rings. The van der Waals surface area contributed by atoms with E-state index >= 15 is 0 Å². The fourth-order valence-electron chi connectivity index (χ4n) is 2.09. The highest BCUT2D eigenvalue weighted by molar-refractivity contribution is 6.30. The summed E-state index contributed by atoms with van der Waals surface area (Å²) in [4.78, 5) is 12.3. The SMILES string of the molecule is Cc1ccc(C)c(NC(=O)[C@@H](C)Oc2ccc(Cl)cc2C)c1. The molecule has 1 atom stereocenters. The van der Waals surface area contributed by atoms with Crippen LogP contribution >= 0.6 is 11.6 Å². The summed E-state index contributed by atoms with van der Waals surface area (Å²) < 4.78 is 5.73. The number of anilines is 1. The summed E-state index contributed by atoms with van der Waals surface area (Å²) in [5, 5.41) is 3.56. The highest BCUT2D eigenvalue weighted by atomic mass is 35.5. The first-order valence-electron chi connectivity index (χ1n) is 7.18. The van der Waals surface area contributed by atoms with Crippen LogP contribution in [0.25, 0.3) is 0 Å². The van der Waals surface area contributed by atoms with Crippen molar-refractivity contribution in [1.29, 1.82) is 0 Å². The molecule has 116 valence electrons. The maximum absolute atomic E-state index is 12.3. The summed E-state index contributed by atoms with van der Waals surface area (Å²) in [5.41, 5.74) is 3.84. The number of benzene rings is 2. The molecular weight excluding hydrogens is 298 g/mol. The van der Waals surface area contributed by atoms with Gasteiger partial charge in [-0.05, 0) is 68.7 Å². The number of carbonyl (C=O) groups excluding carboxylic acids is 1. The zero-order valence-electron chi connectivity index (χ0n) is 13.2. The van der Waals surface area contributed by atoms with Crippen LogP contribution in [-0.2, 0) is 4.79 Å². The zero-order valence-corrected chi connectivity index (χ0v) is 14.0. The smallest absolute Gasteiger partial charge is 0.265 e. The molecule has 1 N–H and O–H groups in total. The van der Waals surface area contributed by atoms with Crippen molar-refractivity contribution >= 4 is 23.2 Å². The van der Waals surface area contributed by atoms with Crippen molar-refractivity contribution in [2.45, 2.75) is 33.8 Å². The Morgan fingerprint density at radius 1 is 1.09 bits per heavy atom. The Kier molecular flexibility index (Phi) is 5.09. The standard InChI is InChI=1S/C18H20ClNO2/c1-11-5-6-12(2)16(9-11)20-18(21)14(4)22-17-8-7-15(19)10-13(17)3/h5-10,14H,1-4H3,(H,20,21)/t14-/m1/s1. The Morgan fingerprint density at radius 2 is 1.82 bits per heavy atom. The van der Waals surface area contributed by atoms with E-state index in [2.05, 4.69) is 5.32 Å². The first-order valence-corrected chi connectivity index (χ1v) is 7.55. The zero-order chi connectivity index (χ0) is 16.3. The Labute approximate surface area is 136 Å². The molecule has 0 radical (unpaired) electrons. The van der Waals surface area contributed by atoms with Gasteiger partial charge in [-0.2, -0.15) is 0 Å². The molecule has 0 saturated heterocycles. The average Bonchev–Trinajstić information content (AvgIpc) is 2.45. The summed E-state index contributed by atoms with van der Waals surface area (Å²) in [7, 11) is 0. The van der Waals surface area contributed by atoms with Crippen molar-refractivity contribution < 1.29 is 9.53 Å². The van der Waals surface area contributed by atoms with Crippen LogP contribution in [-0.4, -0.2) is 12.0 Å². The number of halogens is 1. The van der Waals surface area contributed by atoms with E-state index in [1.54, 1.807) is 19.1 Å². The van der Waals surface area contributed by atoms with E-state index in [0.717, 1.165) is 22.4 Å². The van der Waals surface area contributed by atoms with Gasteiger partial charge in [-0.25, -0.2) is 0 Å². The highest BCUT2D eigenvalue weighted by Gasteiger charge is 2.16. The minimum Gasteiger partial charge on any atom is -0.481 e. The molecule has 0 aromatic heterocycles. The second-order valence-corrected chi connectivity index (χ2v) is 5.91. The third kappa shape index (κ3) is 4.01. The first kappa shape index (κ1) is 16.4. The van der Waals surface area contributed by atoms with Crippen LogP contribution in [0.3, 0.4) is 0 Å². The summed E-state index contributed by atoms with van der Waals surface area (Å²) >= 11 is 5.92. The van der Waals surface area contributed by atoms with Crippen LogP contribution < -0.4 is 10.1 Å². The van der Waals surface area contributed by atoms with Gasteiger partial charge in [0.2, 0.25) is 0 Å². The second-order valence-electron chi connectivity index (χ2n) is 5.48. The van der Waals surface area contributed by atoms with Crippen LogP contribution in [0.5, 0.6) is 5.75 Å². The Balaban J connectivity index is 2.07. The van der Waals surface area contributed by atoms with Gasteiger partial charge in [-0.3, -0.25) is 4.79 Å². The fraction of sp³-hybridized carbons (Fsp3) is 0.278. The molecule has 0 unspecified atom stereocenters. The van der Waals surface area contributed by atoms with Gasteiger partial charge in [0.05, 0.1) is 0 Å². The van der Waals surface area contributed by atoms with E-state index in [9.17, 15) is 4.79 Å². The van der Waals surface area contributed by atoms with Gasteiger partial charge in [0, 0.05) is 10.7 Å². The van der Waals surface area contributed by atoms with E-state index in [4.69, 9.17) is 16.3 Å². The molecule has 0 fully saturated rings. The van der Waals surface area contributed by atoms with Crippen molar-refractivity contribution in [2.24, 2.45) is 0 Å². The van der Waals surface area contributed by atoms with Gasteiger partial charge < -0.3 is 10.1 Å². The van der Waals surface area contributed by atoms with E-state index in [1.807, 2.05) is 45.0 Å². The minimum atomic E-state index is -0.597. The second kappa shape index (κ2) is 6.84. The molecule has 2 rings (SSSR count). The lowest BCUT2D eigenvalue weighted by Crippen LogP contribution is -2.30. The third-order valence-corrected chi connectivity index (χ3v) is 3.70. The van der Waals surface area contributed by atoms with Crippen molar-refractivity contribution in [3.8, 4) is 5.75 Å². The van der Waals surface area contributed by atoms with Gasteiger partial charge in [-0.1, -0.05) is 23.7 Å². The summed E-state index contributed by atoms with van der Waals surface area (Å²) in [6.07, 6.45) is -0.597. The quantitative estimate of drug-likeness (QED) is 0.889. The largest absolute Gasteiger partial charge is 0.481 e. The minimum absolute atomic E-state index is 0.178. The molecule has 2 aromatic rings. The van der Waals surface area contributed by atoms with E-state index in [1.165, 1.54) is 0 Å². The predicted octanol–water partition coefficient (Wildman–Crippen LogP) is 4.67. The molecule has 0 aliphatic carbocycles. The molecule has 4 heteroatoms. The average molecular weight is 318 g/mol. The molecule has 22 heavy (non-hydrogen) atoms. The lowest BCUT2D eigenvalue weighted by molar-refractivity contribution is -0.122. The van der Waals surface area contributed by atoms with Crippen molar-refractivity contribution in [1.82, 2.24) is 0 Å². The summed E-state index contributed by atoms with van der Waals surface area (Å²) in [5.74, 6) is 0.482.